The second kappa shape index (κ2) is 6.95. The molecule has 0 radical (unpaired) electrons. The van der Waals surface area contributed by atoms with Crippen LogP contribution in [0.1, 0.15) is 18.4 Å². The lowest BCUT2D eigenvalue weighted by molar-refractivity contribution is -0.121. The van der Waals surface area contributed by atoms with E-state index in [0.717, 1.165) is 18.5 Å². The van der Waals surface area contributed by atoms with Gasteiger partial charge in [-0.05, 0) is 37.7 Å². The summed E-state index contributed by atoms with van der Waals surface area (Å²) in [6.07, 6.45) is 1.31. The van der Waals surface area contributed by atoms with E-state index in [1.54, 1.807) is 12.1 Å². The third kappa shape index (κ3) is 4.89. The number of carbonyl (C=O) groups is 1. The molecule has 0 aliphatic carbocycles. The number of carbonyl (C=O) groups excluding carboxylic acids is 1. The standard InChI is InChI=1S/C12H17FN2O/c1-14-7-3-6-12(16)15-9-10-4-2-5-11(13)8-10/h2,4-5,8,14H,3,6-7,9H2,1H3,(H,15,16). The van der Waals surface area contributed by atoms with Gasteiger partial charge < -0.3 is 10.6 Å². The van der Waals surface area contributed by atoms with Crippen molar-refractivity contribution in [1.82, 2.24) is 10.6 Å². The monoisotopic (exact) mass is 224 g/mol. The van der Waals surface area contributed by atoms with Crippen LogP contribution in [-0.2, 0) is 11.3 Å². The molecule has 1 amide bonds. The average Bonchev–Trinajstić information content (AvgIpc) is 2.27. The fourth-order valence-electron chi connectivity index (χ4n) is 1.36. The summed E-state index contributed by atoms with van der Waals surface area (Å²) in [5.74, 6) is -0.276. The second-order valence-electron chi connectivity index (χ2n) is 3.61. The van der Waals surface area contributed by atoms with Gasteiger partial charge in [0.2, 0.25) is 5.91 Å². The maximum atomic E-state index is 12.8. The molecule has 1 aromatic rings. The van der Waals surface area contributed by atoms with Crippen LogP contribution in [0.2, 0.25) is 0 Å². The maximum Gasteiger partial charge on any atom is 0.220 e. The third-order valence-corrected chi connectivity index (χ3v) is 2.21. The van der Waals surface area contributed by atoms with E-state index in [-0.39, 0.29) is 11.7 Å². The molecule has 16 heavy (non-hydrogen) atoms. The quantitative estimate of drug-likeness (QED) is 0.718. The van der Waals surface area contributed by atoms with Crippen molar-refractivity contribution in [2.75, 3.05) is 13.6 Å². The van der Waals surface area contributed by atoms with Crippen LogP contribution in [0.15, 0.2) is 24.3 Å². The fourth-order valence-corrected chi connectivity index (χ4v) is 1.36. The molecule has 1 aromatic carbocycles. The van der Waals surface area contributed by atoms with E-state index in [1.165, 1.54) is 12.1 Å². The van der Waals surface area contributed by atoms with Gasteiger partial charge in [0.15, 0.2) is 0 Å². The molecule has 2 N–H and O–H groups in total. The van der Waals surface area contributed by atoms with Gasteiger partial charge >= 0.3 is 0 Å². The predicted octanol–water partition coefficient (Wildman–Crippen LogP) is 1.44. The number of amides is 1. The molecule has 88 valence electrons. The van der Waals surface area contributed by atoms with E-state index in [1.807, 2.05) is 7.05 Å². The first-order valence-corrected chi connectivity index (χ1v) is 5.38. The first-order chi connectivity index (χ1) is 7.72. The van der Waals surface area contributed by atoms with Gasteiger partial charge in [-0.1, -0.05) is 12.1 Å². The summed E-state index contributed by atoms with van der Waals surface area (Å²) in [7, 11) is 1.85. The highest BCUT2D eigenvalue weighted by Crippen LogP contribution is 2.02. The molecule has 0 saturated heterocycles. The van der Waals surface area contributed by atoms with Gasteiger partial charge in [0, 0.05) is 13.0 Å². The van der Waals surface area contributed by atoms with Crippen molar-refractivity contribution in [3.05, 3.63) is 35.6 Å². The largest absolute Gasteiger partial charge is 0.352 e. The normalized spacial score (nSPS) is 10.1. The molecule has 0 heterocycles. The Balaban J connectivity index is 2.26. The molecule has 0 bridgehead atoms. The van der Waals surface area contributed by atoms with Crippen LogP contribution in [0.3, 0.4) is 0 Å². The van der Waals surface area contributed by atoms with Crippen LogP contribution in [0.4, 0.5) is 4.39 Å². The molecule has 0 aliphatic heterocycles. The molecule has 0 aromatic heterocycles. The Morgan fingerprint density at radius 2 is 2.25 bits per heavy atom. The molecule has 0 aliphatic rings. The van der Waals surface area contributed by atoms with Gasteiger partial charge in [0.1, 0.15) is 5.82 Å². The molecule has 4 heteroatoms. The van der Waals surface area contributed by atoms with E-state index >= 15 is 0 Å². The Morgan fingerprint density at radius 1 is 1.44 bits per heavy atom. The minimum atomic E-state index is -0.276. The number of rotatable bonds is 6. The van der Waals surface area contributed by atoms with Gasteiger partial charge in [-0.3, -0.25) is 4.79 Å². The van der Waals surface area contributed by atoms with Gasteiger partial charge in [0.25, 0.3) is 0 Å². The van der Waals surface area contributed by atoms with E-state index < -0.39 is 0 Å². The van der Waals surface area contributed by atoms with Crippen molar-refractivity contribution in [2.24, 2.45) is 0 Å². The zero-order valence-electron chi connectivity index (χ0n) is 9.42. The lowest BCUT2D eigenvalue weighted by Crippen LogP contribution is -2.23. The number of hydrogen-bond acceptors (Lipinski definition) is 2. The lowest BCUT2D eigenvalue weighted by Gasteiger charge is -2.05. The molecule has 1 rings (SSSR count). The minimum absolute atomic E-state index is 0.000453. The minimum Gasteiger partial charge on any atom is -0.352 e. The molecule has 0 spiro atoms. The Kier molecular flexibility index (Phi) is 5.50. The highest BCUT2D eigenvalue weighted by molar-refractivity contribution is 5.75. The summed E-state index contributed by atoms with van der Waals surface area (Å²) in [4.78, 5) is 11.3. The van der Waals surface area contributed by atoms with Crippen LogP contribution in [0.25, 0.3) is 0 Å². The van der Waals surface area contributed by atoms with E-state index in [4.69, 9.17) is 0 Å². The Hall–Kier alpha value is -1.42. The van der Waals surface area contributed by atoms with Crippen LogP contribution in [0, 0.1) is 5.82 Å². The zero-order valence-corrected chi connectivity index (χ0v) is 9.42. The number of hydrogen-bond donors (Lipinski definition) is 2. The van der Waals surface area contributed by atoms with Crippen LogP contribution in [-0.4, -0.2) is 19.5 Å². The van der Waals surface area contributed by atoms with Crippen LogP contribution < -0.4 is 10.6 Å². The van der Waals surface area contributed by atoms with Gasteiger partial charge in [-0.15, -0.1) is 0 Å². The molecule has 0 saturated carbocycles. The molecule has 3 nitrogen and oxygen atoms in total. The number of nitrogens with one attached hydrogen (secondary N) is 2. The van der Waals surface area contributed by atoms with E-state index in [9.17, 15) is 9.18 Å². The predicted molar refractivity (Wildman–Crippen MR) is 61.4 cm³/mol. The topological polar surface area (TPSA) is 41.1 Å². The van der Waals surface area contributed by atoms with Gasteiger partial charge in [-0.25, -0.2) is 4.39 Å². The van der Waals surface area contributed by atoms with Crippen LogP contribution >= 0.6 is 0 Å². The highest BCUT2D eigenvalue weighted by atomic mass is 19.1. The molecular weight excluding hydrogens is 207 g/mol. The van der Waals surface area contributed by atoms with Crippen molar-refractivity contribution in [3.8, 4) is 0 Å². The van der Waals surface area contributed by atoms with Crippen molar-refractivity contribution in [1.29, 1.82) is 0 Å². The average molecular weight is 224 g/mol. The lowest BCUT2D eigenvalue weighted by atomic mass is 10.2. The summed E-state index contributed by atoms with van der Waals surface area (Å²) in [5.41, 5.74) is 0.780. The first kappa shape index (κ1) is 12.6. The van der Waals surface area contributed by atoms with Crippen molar-refractivity contribution in [3.63, 3.8) is 0 Å². The van der Waals surface area contributed by atoms with E-state index in [0.29, 0.717) is 13.0 Å². The highest BCUT2D eigenvalue weighted by Gasteiger charge is 2.01. The van der Waals surface area contributed by atoms with E-state index in [2.05, 4.69) is 10.6 Å². The SMILES string of the molecule is CNCCCC(=O)NCc1cccc(F)c1. The number of halogens is 1. The molecule has 0 unspecified atom stereocenters. The Bertz CT molecular complexity index is 342. The Labute approximate surface area is 95.0 Å². The first-order valence-electron chi connectivity index (χ1n) is 5.38. The summed E-state index contributed by atoms with van der Waals surface area (Å²) >= 11 is 0. The fraction of sp³-hybridized carbons (Fsp3) is 0.417. The zero-order chi connectivity index (χ0) is 11.8. The van der Waals surface area contributed by atoms with Crippen molar-refractivity contribution < 1.29 is 9.18 Å². The summed E-state index contributed by atoms with van der Waals surface area (Å²) in [5, 5.41) is 5.73. The number of benzene rings is 1. The van der Waals surface area contributed by atoms with Crippen molar-refractivity contribution >= 4 is 5.91 Å². The summed E-state index contributed by atoms with van der Waals surface area (Å²) < 4.78 is 12.8. The molecule has 0 fully saturated rings. The van der Waals surface area contributed by atoms with Gasteiger partial charge in [0.05, 0.1) is 0 Å². The summed E-state index contributed by atoms with van der Waals surface area (Å²) in [6.45, 7) is 1.21. The summed E-state index contributed by atoms with van der Waals surface area (Å²) in [6, 6.07) is 6.24. The molecular formula is C12H17FN2O. The van der Waals surface area contributed by atoms with Crippen LogP contribution in [0.5, 0.6) is 0 Å². The second-order valence-corrected chi connectivity index (χ2v) is 3.61. The molecule has 0 atom stereocenters. The maximum absolute atomic E-state index is 12.8. The third-order valence-electron chi connectivity index (χ3n) is 2.21. The smallest absolute Gasteiger partial charge is 0.220 e. The Morgan fingerprint density at radius 3 is 2.94 bits per heavy atom. The van der Waals surface area contributed by atoms with Crippen molar-refractivity contribution in [2.45, 2.75) is 19.4 Å². The van der Waals surface area contributed by atoms with Gasteiger partial charge in [-0.2, -0.15) is 0 Å².